The van der Waals surface area contributed by atoms with Gasteiger partial charge < -0.3 is 4.55 Å². The number of allylic oxidation sites excluding steroid dienone is 3. The summed E-state index contributed by atoms with van der Waals surface area (Å²) in [4.78, 5) is 0.524. The summed E-state index contributed by atoms with van der Waals surface area (Å²) >= 11 is -1.81. The second kappa shape index (κ2) is 3.32. The zero-order valence-corrected chi connectivity index (χ0v) is 7.47. The summed E-state index contributed by atoms with van der Waals surface area (Å²) in [5, 5.41) is 0. The van der Waals surface area contributed by atoms with Crippen LogP contribution in [0.4, 0.5) is 0 Å². The summed E-state index contributed by atoms with van der Waals surface area (Å²) in [7, 11) is 0. The lowest BCUT2D eigenvalue weighted by atomic mass is 9.92. The van der Waals surface area contributed by atoms with E-state index in [0.29, 0.717) is 16.7 Å². The maximum Gasteiger partial charge on any atom is 0.186 e. The smallest absolute Gasteiger partial charge is 0.186 e. The summed E-state index contributed by atoms with van der Waals surface area (Å²) in [5.41, 5.74) is 0. The summed E-state index contributed by atoms with van der Waals surface area (Å²) in [6.45, 7) is 4.13. The molecule has 0 aromatic rings. The summed E-state index contributed by atoms with van der Waals surface area (Å²) < 4.78 is 19.3. The third-order valence-electron chi connectivity index (χ3n) is 2.02. The van der Waals surface area contributed by atoms with Crippen molar-refractivity contribution < 1.29 is 8.76 Å². The Kier molecular flexibility index (Phi) is 2.62. The zero-order valence-electron chi connectivity index (χ0n) is 6.65. The Labute approximate surface area is 69.3 Å². The largest absolute Gasteiger partial charge is 0.302 e. The molecule has 0 bridgehead atoms. The van der Waals surface area contributed by atoms with Crippen LogP contribution in [0.3, 0.4) is 0 Å². The van der Waals surface area contributed by atoms with Crippen LogP contribution in [0.5, 0.6) is 0 Å². The second-order valence-corrected chi connectivity index (χ2v) is 3.87. The lowest BCUT2D eigenvalue weighted by Gasteiger charge is -2.16. The topological polar surface area (TPSA) is 37.3 Å². The Bertz CT molecular complexity index is 230. The van der Waals surface area contributed by atoms with Crippen molar-refractivity contribution in [1.29, 1.82) is 0 Å². The highest BCUT2D eigenvalue weighted by atomic mass is 32.2. The van der Waals surface area contributed by atoms with E-state index in [4.69, 9.17) is 4.55 Å². The molecule has 0 aromatic carbocycles. The van der Waals surface area contributed by atoms with Crippen LogP contribution in [-0.2, 0) is 11.1 Å². The molecule has 0 amide bonds. The highest BCUT2D eigenvalue weighted by molar-refractivity contribution is 7.83. The highest BCUT2D eigenvalue weighted by Gasteiger charge is 2.13. The van der Waals surface area contributed by atoms with E-state index >= 15 is 0 Å². The van der Waals surface area contributed by atoms with Crippen molar-refractivity contribution in [3.63, 3.8) is 0 Å². The predicted octanol–water partition coefficient (Wildman–Crippen LogP) is 1.93. The monoisotopic (exact) mass is 172 g/mol. The first-order chi connectivity index (χ1) is 5.11. The molecule has 0 saturated carbocycles. The standard InChI is InChI=1S/C8H12O2S/c1-6-3-4-8(11(9)10)5-7(6)2/h3-7H,1-2H3,(H,9,10). The van der Waals surface area contributed by atoms with Crippen LogP contribution < -0.4 is 0 Å². The zero-order chi connectivity index (χ0) is 8.43. The number of rotatable bonds is 1. The first kappa shape index (κ1) is 8.68. The van der Waals surface area contributed by atoms with Gasteiger partial charge in [-0.15, -0.1) is 0 Å². The van der Waals surface area contributed by atoms with Crippen molar-refractivity contribution in [2.45, 2.75) is 13.8 Å². The van der Waals surface area contributed by atoms with Crippen molar-refractivity contribution in [3.05, 3.63) is 23.1 Å². The van der Waals surface area contributed by atoms with Crippen molar-refractivity contribution in [3.8, 4) is 0 Å². The summed E-state index contributed by atoms with van der Waals surface area (Å²) in [6.07, 6.45) is 5.54. The first-order valence-electron chi connectivity index (χ1n) is 3.62. The van der Waals surface area contributed by atoms with Crippen molar-refractivity contribution in [2.75, 3.05) is 0 Å². The van der Waals surface area contributed by atoms with Gasteiger partial charge in [0, 0.05) is 0 Å². The molecular weight excluding hydrogens is 160 g/mol. The predicted molar refractivity (Wildman–Crippen MR) is 46.3 cm³/mol. The van der Waals surface area contributed by atoms with Crippen LogP contribution in [0.15, 0.2) is 23.1 Å². The van der Waals surface area contributed by atoms with Crippen LogP contribution >= 0.6 is 0 Å². The molecule has 1 N–H and O–H groups in total. The van der Waals surface area contributed by atoms with E-state index in [1.54, 1.807) is 6.08 Å². The fraction of sp³-hybridized carbons (Fsp3) is 0.500. The quantitative estimate of drug-likeness (QED) is 0.614. The highest BCUT2D eigenvalue weighted by Crippen LogP contribution is 2.22. The maximum absolute atomic E-state index is 10.6. The molecule has 0 heterocycles. The Morgan fingerprint density at radius 1 is 1.45 bits per heavy atom. The minimum atomic E-state index is -1.81. The van der Waals surface area contributed by atoms with E-state index in [9.17, 15) is 4.21 Å². The second-order valence-electron chi connectivity index (χ2n) is 2.90. The molecule has 1 rings (SSSR count). The van der Waals surface area contributed by atoms with E-state index < -0.39 is 11.1 Å². The van der Waals surface area contributed by atoms with E-state index in [1.807, 2.05) is 19.1 Å². The van der Waals surface area contributed by atoms with Gasteiger partial charge in [0.25, 0.3) is 0 Å². The van der Waals surface area contributed by atoms with Crippen LogP contribution in [0.25, 0.3) is 0 Å². The minimum Gasteiger partial charge on any atom is -0.302 e. The number of hydrogen-bond acceptors (Lipinski definition) is 1. The van der Waals surface area contributed by atoms with Gasteiger partial charge in [-0.1, -0.05) is 26.0 Å². The maximum atomic E-state index is 10.6. The molecule has 3 heteroatoms. The van der Waals surface area contributed by atoms with Gasteiger partial charge >= 0.3 is 0 Å². The molecule has 0 spiro atoms. The molecule has 3 unspecified atom stereocenters. The molecule has 3 atom stereocenters. The van der Waals surface area contributed by atoms with Gasteiger partial charge in [0.2, 0.25) is 0 Å². The van der Waals surface area contributed by atoms with Crippen LogP contribution in [0.2, 0.25) is 0 Å². The van der Waals surface area contributed by atoms with Gasteiger partial charge in [-0.3, -0.25) is 0 Å². The van der Waals surface area contributed by atoms with Gasteiger partial charge in [-0.25, -0.2) is 4.21 Å². The van der Waals surface area contributed by atoms with Gasteiger partial charge in [0.05, 0.1) is 4.91 Å². The lowest BCUT2D eigenvalue weighted by Crippen LogP contribution is -2.08. The first-order valence-corrected chi connectivity index (χ1v) is 4.73. The van der Waals surface area contributed by atoms with Crippen LogP contribution in [0, 0.1) is 11.8 Å². The average molecular weight is 172 g/mol. The SMILES string of the molecule is CC1C=CC(S(=O)O)=CC1C. The molecule has 11 heavy (non-hydrogen) atoms. The molecule has 1 aliphatic carbocycles. The van der Waals surface area contributed by atoms with Crippen LogP contribution in [0.1, 0.15) is 13.8 Å². The third kappa shape index (κ3) is 2.01. The fourth-order valence-corrected chi connectivity index (χ4v) is 1.53. The van der Waals surface area contributed by atoms with E-state index in [1.165, 1.54) is 0 Å². The molecule has 0 radical (unpaired) electrons. The fourth-order valence-electron chi connectivity index (χ4n) is 1.00. The minimum absolute atomic E-state index is 0.367. The van der Waals surface area contributed by atoms with Crippen molar-refractivity contribution in [1.82, 2.24) is 0 Å². The lowest BCUT2D eigenvalue weighted by molar-refractivity contribution is 0.544. The molecule has 0 aromatic heterocycles. The van der Waals surface area contributed by atoms with Gasteiger partial charge in [-0.2, -0.15) is 0 Å². The van der Waals surface area contributed by atoms with Crippen molar-refractivity contribution >= 4 is 11.1 Å². The Hall–Kier alpha value is -0.410. The molecule has 0 saturated heterocycles. The summed E-state index contributed by atoms with van der Waals surface area (Å²) in [6, 6.07) is 0. The molecule has 62 valence electrons. The molecule has 2 nitrogen and oxygen atoms in total. The Morgan fingerprint density at radius 3 is 2.55 bits per heavy atom. The van der Waals surface area contributed by atoms with E-state index in [-0.39, 0.29) is 0 Å². The third-order valence-corrected chi connectivity index (χ3v) is 2.70. The van der Waals surface area contributed by atoms with E-state index in [2.05, 4.69) is 6.92 Å². The average Bonchev–Trinajstić information content (AvgIpc) is 1.94. The van der Waals surface area contributed by atoms with Crippen molar-refractivity contribution in [2.24, 2.45) is 11.8 Å². The Morgan fingerprint density at radius 2 is 2.09 bits per heavy atom. The van der Waals surface area contributed by atoms with Gasteiger partial charge in [0.15, 0.2) is 11.1 Å². The molecular formula is C8H12O2S. The van der Waals surface area contributed by atoms with Gasteiger partial charge in [-0.05, 0) is 17.9 Å². The normalized spacial score (nSPS) is 33.2. The molecule has 0 aliphatic heterocycles. The Balaban J connectivity index is 2.80. The molecule has 0 fully saturated rings. The molecule has 1 aliphatic rings. The van der Waals surface area contributed by atoms with Crippen LogP contribution in [-0.4, -0.2) is 8.76 Å². The van der Waals surface area contributed by atoms with Gasteiger partial charge in [0.1, 0.15) is 0 Å². The summed E-state index contributed by atoms with van der Waals surface area (Å²) in [5.74, 6) is 0.841. The van der Waals surface area contributed by atoms with E-state index in [0.717, 1.165) is 0 Å². The number of hydrogen-bond donors (Lipinski definition) is 1.